The maximum Gasteiger partial charge on any atom is 0.110 e. The number of nitrogens with one attached hydrogen (secondary N) is 1. The molecular formula is C14H20N4. The summed E-state index contributed by atoms with van der Waals surface area (Å²) < 4.78 is 2.17. The minimum Gasteiger partial charge on any atom is -0.335 e. The normalized spacial score (nSPS) is 12.6. The summed E-state index contributed by atoms with van der Waals surface area (Å²) in [6.45, 7) is 5.17. The van der Waals surface area contributed by atoms with Gasteiger partial charge in [0.2, 0.25) is 0 Å². The molecule has 0 bridgehead atoms. The Morgan fingerprint density at radius 2 is 2.17 bits per heavy atom. The van der Waals surface area contributed by atoms with Crippen LogP contribution in [0.2, 0.25) is 0 Å². The monoisotopic (exact) mass is 244 g/mol. The van der Waals surface area contributed by atoms with Crippen molar-refractivity contribution in [2.75, 3.05) is 7.05 Å². The molecule has 0 spiro atoms. The zero-order chi connectivity index (χ0) is 13.0. The van der Waals surface area contributed by atoms with Crippen LogP contribution in [0, 0.1) is 6.92 Å². The summed E-state index contributed by atoms with van der Waals surface area (Å²) in [5.41, 5.74) is 2.31. The number of imidazole rings is 1. The van der Waals surface area contributed by atoms with Crippen molar-refractivity contribution in [2.45, 2.75) is 32.9 Å². The molecule has 0 amide bonds. The smallest absolute Gasteiger partial charge is 0.110 e. The van der Waals surface area contributed by atoms with E-state index < -0.39 is 0 Å². The molecule has 0 aliphatic carbocycles. The highest BCUT2D eigenvalue weighted by Crippen LogP contribution is 2.16. The fourth-order valence-corrected chi connectivity index (χ4v) is 2.11. The molecule has 2 aromatic rings. The molecule has 96 valence electrons. The van der Waals surface area contributed by atoms with Crippen LogP contribution in [0.5, 0.6) is 0 Å². The number of aryl methyl sites for hydroxylation is 2. The molecule has 0 aliphatic rings. The second-order valence-corrected chi connectivity index (χ2v) is 4.43. The minimum atomic E-state index is 0.206. The van der Waals surface area contributed by atoms with Gasteiger partial charge in [0, 0.05) is 31.6 Å². The predicted molar refractivity (Wildman–Crippen MR) is 72.4 cm³/mol. The first-order valence-corrected chi connectivity index (χ1v) is 6.34. The first-order valence-electron chi connectivity index (χ1n) is 6.34. The van der Waals surface area contributed by atoms with Crippen LogP contribution in [0.1, 0.15) is 30.0 Å². The van der Waals surface area contributed by atoms with Gasteiger partial charge in [-0.05, 0) is 38.6 Å². The number of aromatic nitrogens is 3. The second-order valence-electron chi connectivity index (χ2n) is 4.43. The molecule has 0 aliphatic heterocycles. The van der Waals surface area contributed by atoms with Crippen molar-refractivity contribution in [1.82, 2.24) is 19.9 Å². The molecule has 0 saturated carbocycles. The quantitative estimate of drug-likeness (QED) is 0.876. The van der Waals surface area contributed by atoms with Crippen LogP contribution < -0.4 is 5.32 Å². The van der Waals surface area contributed by atoms with Gasteiger partial charge in [-0.1, -0.05) is 0 Å². The number of hydrogen-bond donors (Lipinski definition) is 1. The van der Waals surface area contributed by atoms with Crippen molar-refractivity contribution in [1.29, 1.82) is 0 Å². The fraction of sp³-hybridized carbons (Fsp3) is 0.429. The van der Waals surface area contributed by atoms with Gasteiger partial charge in [-0.25, -0.2) is 4.98 Å². The first kappa shape index (κ1) is 12.8. The summed E-state index contributed by atoms with van der Waals surface area (Å²) in [5, 5.41) is 3.32. The van der Waals surface area contributed by atoms with Crippen molar-refractivity contribution in [3.8, 4) is 0 Å². The standard InChI is InChI=1S/C14H20N4/c1-4-18-8-7-17-14(18)10-12(15-3)13-9-11(2)5-6-16-13/h5-9,12,15H,4,10H2,1-3H3. The molecule has 1 atom stereocenters. The van der Waals surface area contributed by atoms with Crippen molar-refractivity contribution in [3.05, 3.63) is 47.8 Å². The molecule has 2 rings (SSSR count). The molecule has 18 heavy (non-hydrogen) atoms. The molecule has 4 nitrogen and oxygen atoms in total. The van der Waals surface area contributed by atoms with Crippen LogP contribution in [0.25, 0.3) is 0 Å². The van der Waals surface area contributed by atoms with E-state index in [1.165, 1.54) is 5.56 Å². The van der Waals surface area contributed by atoms with Gasteiger partial charge in [-0.2, -0.15) is 0 Å². The summed E-state index contributed by atoms with van der Waals surface area (Å²) in [4.78, 5) is 8.87. The first-order chi connectivity index (χ1) is 8.74. The number of pyridine rings is 1. The number of rotatable bonds is 5. The predicted octanol–water partition coefficient (Wildman–Crippen LogP) is 2.11. The summed E-state index contributed by atoms with van der Waals surface area (Å²) in [5.74, 6) is 1.10. The van der Waals surface area contributed by atoms with E-state index in [0.29, 0.717) is 0 Å². The molecular weight excluding hydrogens is 224 g/mol. The lowest BCUT2D eigenvalue weighted by molar-refractivity contribution is 0.541. The molecule has 0 aromatic carbocycles. The maximum absolute atomic E-state index is 4.45. The van der Waals surface area contributed by atoms with Crippen LogP contribution in [-0.2, 0) is 13.0 Å². The molecule has 0 saturated heterocycles. The average Bonchev–Trinajstić information content (AvgIpc) is 2.83. The Balaban J connectivity index is 2.20. The van der Waals surface area contributed by atoms with Crippen molar-refractivity contribution < 1.29 is 0 Å². The van der Waals surface area contributed by atoms with Gasteiger partial charge in [0.15, 0.2) is 0 Å². The average molecular weight is 244 g/mol. The van der Waals surface area contributed by atoms with E-state index in [-0.39, 0.29) is 6.04 Å². The van der Waals surface area contributed by atoms with Crippen molar-refractivity contribution >= 4 is 0 Å². The van der Waals surface area contributed by atoms with Crippen LogP contribution in [0.3, 0.4) is 0 Å². The maximum atomic E-state index is 4.45. The summed E-state index contributed by atoms with van der Waals surface area (Å²) in [7, 11) is 1.97. The third-order valence-corrected chi connectivity index (χ3v) is 3.17. The van der Waals surface area contributed by atoms with E-state index in [1.807, 2.05) is 31.7 Å². The Kier molecular flexibility index (Phi) is 4.10. The highest BCUT2D eigenvalue weighted by molar-refractivity contribution is 5.18. The summed E-state index contributed by atoms with van der Waals surface area (Å²) >= 11 is 0. The van der Waals surface area contributed by atoms with E-state index in [9.17, 15) is 0 Å². The minimum absolute atomic E-state index is 0.206. The molecule has 0 fully saturated rings. The Morgan fingerprint density at radius 1 is 1.33 bits per heavy atom. The van der Waals surface area contributed by atoms with Crippen molar-refractivity contribution in [2.24, 2.45) is 0 Å². The number of likely N-dealkylation sites (N-methyl/N-ethyl adjacent to an activating group) is 1. The van der Waals surface area contributed by atoms with Gasteiger partial charge in [-0.3, -0.25) is 4.98 Å². The zero-order valence-electron chi connectivity index (χ0n) is 11.2. The topological polar surface area (TPSA) is 42.7 Å². The fourth-order valence-electron chi connectivity index (χ4n) is 2.11. The van der Waals surface area contributed by atoms with E-state index in [4.69, 9.17) is 0 Å². The van der Waals surface area contributed by atoms with Gasteiger partial charge in [0.05, 0.1) is 11.7 Å². The third-order valence-electron chi connectivity index (χ3n) is 3.17. The van der Waals surface area contributed by atoms with Gasteiger partial charge in [0.1, 0.15) is 5.82 Å². The highest BCUT2D eigenvalue weighted by atomic mass is 15.1. The largest absolute Gasteiger partial charge is 0.335 e. The van der Waals surface area contributed by atoms with Gasteiger partial charge < -0.3 is 9.88 Å². The molecule has 2 heterocycles. The molecule has 4 heteroatoms. The lowest BCUT2D eigenvalue weighted by atomic mass is 10.1. The Hall–Kier alpha value is -1.68. The van der Waals surface area contributed by atoms with Gasteiger partial charge >= 0.3 is 0 Å². The Bertz CT molecular complexity index is 504. The second kappa shape index (κ2) is 5.78. The van der Waals surface area contributed by atoms with Gasteiger partial charge in [0.25, 0.3) is 0 Å². The van der Waals surface area contributed by atoms with Crippen LogP contribution in [0.4, 0.5) is 0 Å². The summed E-state index contributed by atoms with van der Waals surface area (Å²) in [6, 6.07) is 4.35. The van der Waals surface area contributed by atoms with Crippen LogP contribution >= 0.6 is 0 Å². The number of nitrogens with zero attached hydrogens (tertiary/aromatic N) is 3. The Morgan fingerprint density at radius 3 is 2.83 bits per heavy atom. The number of hydrogen-bond acceptors (Lipinski definition) is 3. The molecule has 2 aromatic heterocycles. The lowest BCUT2D eigenvalue weighted by Crippen LogP contribution is -2.21. The van der Waals surface area contributed by atoms with E-state index in [2.05, 4.69) is 39.8 Å². The molecule has 1 unspecified atom stereocenters. The third kappa shape index (κ3) is 2.76. The Labute approximate surface area is 108 Å². The van der Waals surface area contributed by atoms with E-state index in [0.717, 1.165) is 24.5 Å². The van der Waals surface area contributed by atoms with Gasteiger partial charge in [-0.15, -0.1) is 0 Å². The van der Waals surface area contributed by atoms with Crippen LogP contribution in [-0.4, -0.2) is 21.6 Å². The SMILES string of the molecule is CCn1ccnc1CC(NC)c1cc(C)ccn1. The van der Waals surface area contributed by atoms with Crippen LogP contribution in [0.15, 0.2) is 30.7 Å². The molecule has 0 radical (unpaired) electrons. The lowest BCUT2D eigenvalue weighted by Gasteiger charge is -2.16. The van der Waals surface area contributed by atoms with Crippen molar-refractivity contribution in [3.63, 3.8) is 0 Å². The summed E-state index contributed by atoms with van der Waals surface area (Å²) in [6.07, 6.45) is 6.59. The van der Waals surface area contributed by atoms with E-state index >= 15 is 0 Å². The van der Waals surface area contributed by atoms with E-state index in [1.54, 1.807) is 0 Å². The zero-order valence-corrected chi connectivity index (χ0v) is 11.2. The molecule has 1 N–H and O–H groups in total. The highest BCUT2D eigenvalue weighted by Gasteiger charge is 2.14.